The quantitative estimate of drug-likeness (QED) is 0.382. The Hall–Kier alpha value is -1.32. The highest BCUT2D eigenvalue weighted by Crippen LogP contribution is 2.43. The van der Waals surface area contributed by atoms with Gasteiger partial charge >= 0.3 is 19.2 Å². The van der Waals surface area contributed by atoms with E-state index in [0.29, 0.717) is 13.0 Å². The number of rotatable bonds is 8. The number of methoxy groups -OCH3 is 2. The Labute approximate surface area is 206 Å². The van der Waals surface area contributed by atoms with Crippen LogP contribution < -0.4 is 0 Å². The van der Waals surface area contributed by atoms with E-state index in [9.17, 15) is 9.59 Å². The number of nitrogens with zero attached hydrogens (tertiary/aromatic N) is 2. The zero-order valence-electron chi connectivity index (χ0n) is 22.2. The van der Waals surface area contributed by atoms with Gasteiger partial charge in [0.15, 0.2) is 0 Å². The van der Waals surface area contributed by atoms with Crippen molar-refractivity contribution < 1.29 is 28.4 Å². The average Bonchev–Trinajstić information content (AvgIpc) is 3.03. The van der Waals surface area contributed by atoms with Crippen LogP contribution in [0.4, 0.5) is 4.79 Å². The molecule has 8 nitrogen and oxygen atoms in total. The van der Waals surface area contributed by atoms with Crippen LogP contribution in [0.2, 0.25) is 6.32 Å². The molecule has 0 spiro atoms. The van der Waals surface area contributed by atoms with Crippen molar-refractivity contribution in [2.75, 3.05) is 40.4 Å². The second-order valence-electron chi connectivity index (χ2n) is 11.1. The molecule has 0 aliphatic carbocycles. The molecule has 3 aliphatic rings. The monoisotopic (exact) mass is 480 g/mol. The maximum atomic E-state index is 13.5. The number of esters is 1. The third kappa shape index (κ3) is 5.57. The van der Waals surface area contributed by atoms with E-state index in [1.807, 2.05) is 0 Å². The summed E-state index contributed by atoms with van der Waals surface area (Å²) in [5.41, 5.74) is -1.71. The summed E-state index contributed by atoms with van der Waals surface area (Å²) in [6.45, 7) is 11.6. The molecule has 9 heteroatoms. The number of likely N-dealkylation sites (tertiary alicyclic amines) is 2. The summed E-state index contributed by atoms with van der Waals surface area (Å²) < 4.78 is 22.8. The molecule has 0 aromatic carbocycles. The van der Waals surface area contributed by atoms with Gasteiger partial charge in [-0.1, -0.05) is 12.8 Å². The first kappa shape index (κ1) is 27.3. The Morgan fingerprint density at radius 1 is 0.941 bits per heavy atom. The molecule has 34 heavy (non-hydrogen) atoms. The zero-order valence-corrected chi connectivity index (χ0v) is 22.2. The zero-order chi connectivity index (χ0) is 25.0. The predicted octanol–water partition coefficient (Wildman–Crippen LogP) is 4.13. The Kier molecular flexibility index (Phi) is 8.96. The van der Waals surface area contributed by atoms with Gasteiger partial charge in [0.05, 0.1) is 25.4 Å². The Morgan fingerprint density at radius 2 is 1.59 bits per heavy atom. The molecule has 0 N–H and O–H groups in total. The van der Waals surface area contributed by atoms with Crippen LogP contribution in [0, 0.1) is 5.92 Å². The number of carbonyl (C=O) groups is 2. The average molecular weight is 480 g/mol. The second kappa shape index (κ2) is 11.2. The lowest BCUT2D eigenvalue weighted by molar-refractivity contribution is -0.163. The van der Waals surface area contributed by atoms with Gasteiger partial charge in [-0.25, -0.2) is 9.59 Å². The molecule has 3 heterocycles. The van der Waals surface area contributed by atoms with Gasteiger partial charge in [0.25, 0.3) is 0 Å². The number of hydrogen-bond donors (Lipinski definition) is 0. The normalized spacial score (nSPS) is 29.2. The van der Waals surface area contributed by atoms with Crippen molar-refractivity contribution in [2.45, 2.75) is 102 Å². The van der Waals surface area contributed by atoms with Crippen LogP contribution in [-0.4, -0.2) is 86.1 Å². The van der Waals surface area contributed by atoms with Crippen molar-refractivity contribution in [2.24, 2.45) is 5.92 Å². The summed E-state index contributed by atoms with van der Waals surface area (Å²) >= 11 is 0. The molecule has 0 aromatic rings. The molecule has 3 rings (SSSR count). The van der Waals surface area contributed by atoms with E-state index in [1.165, 1.54) is 33.5 Å². The standard InChI is InChI=1S/C25H45BN2O6/c1-23(2)24(3,4)34-26(33-23)15-10-12-20-13-11-18-28(22(30)32-6)25(20,21(29)31-5)14-19-27-16-8-7-9-17-27/h20H,7-19H2,1-6H3. The first-order chi connectivity index (χ1) is 16.1. The van der Waals surface area contributed by atoms with Crippen molar-refractivity contribution >= 4 is 19.2 Å². The Balaban J connectivity index is 1.76. The van der Waals surface area contributed by atoms with Crippen molar-refractivity contribution in [3.8, 4) is 0 Å². The molecule has 2 atom stereocenters. The number of ether oxygens (including phenoxy) is 2. The minimum Gasteiger partial charge on any atom is -0.467 e. The summed E-state index contributed by atoms with van der Waals surface area (Å²) in [6.07, 6.45) is 7.87. The van der Waals surface area contributed by atoms with E-state index in [-0.39, 0.29) is 30.2 Å². The molecular formula is C25H45BN2O6. The maximum absolute atomic E-state index is 13.5. The van der Waals surface area contributed by atoms with E-state index in [4.69, 9.17) is 18.8 Å². The number of carbonyl (C=O) groups excluding carboxylic acids is 2. The van der Waals surface area contributed by atoms with Crippen molar-refractivity contribution in [1.82, 2.24) is 9.80 Å². The predicted molar refractivity (Wildman–Crippen MR) is 132 cm³/mol. The summed E-state index contributed by atoms with van der Waals surface area (Å²) in [5.74, 6) is -0.324. The highest BCUT2D eigenvalue weighted by atomic mass is 16.7. The molecule has 0 aromatic heterocycles. The van der Waals surface area contributed by atoms with Crippen LogP contribution in [0.25, 0.3) is 0 Å². The highest BCUT2D eigenvalue weighted by molar-refractivity contribution is 6.45. The first-order valence-corrected chi connectivity index (χ1v) is 13.1. The number of piperidine rings is 2. The van der Waals surface area contributed by atoms with E-state index >= 15 is 0 Å². The largest absolute Gasteiger partial charge is 0.467 e. The van der Waals surface area contributed by atoms with Gasteiger partial charge in [0.1, 0.15) is 5.54 Å². The second-order valence-corrected chi connectivity index (χ2v) is 11.1. The first-order valence-electron chi connectivity index (χ1n) is 13.1. The third-order valence-electron chi connectivity index (χ3n) is 8.58. The van der Waals surface area contributed by atoms with Gasteiger partial charge in [-0.05, 0) is 91.5 Å². The smallest absolute Gasteiger partial charge is 0.457 e. The Morgan fingerprint density at radius 3 is 2.18 bits per heavy atom. The van der Waals surface area contributed by atoms with Crippen molar-refractivity contribution in [1.29, 1.82) is 0 Å². The Bertz CT molecular complexity index is 696. The maximum Gasteiger partial charge on any atom is 0.457 e. The molecule has 0 bridgehead atoms. The topological polar surface area (TPSA) is 77.5 Å². The molecule has 2 unspecified atom stereocenters. The van der Waals surface area contributed by atoms with Crippen molar-refractivity contribution in [3.63, 3.8) is 0 Å². The van der Waals surface area contributed by atoms with E-state index < -0.39 is 11.6 Å². The van der Waals surface area contributed by atoms with Crippen LogP contribution in [0.5, 0.6) is 0 Å². The lowest BCUT2D eigenvalue weighted by atomic mass is 9.70. The van der Waals surface area contributed by atoms with Gasteiger partial charge in [-0.3, -0.25) is 4.90 Å². The third-order valence-corrected chi connectivity index (χ3v) is 8.58. The minimum absolute atomic E-state index is 0.0000130. The molecule has 0 saturated carbocycles. The van der Waals surface area contributed by atoms with Crippen LogP contribution in [0.15, 0.2) is 0 Å². The lowest BCUT2D eigenvalue weighted by Gasteiger charge is -2.50. The molecule has 3 fully saturated rings. The number of hydrogen-bond acceptors (Lipinski definition) is 7. The van der Waals surface area contributed by atoms with Gasteiger partial charge in [-0.2, -0.15) is 0 Å². The minimum atomic E-state index is -1.01. The van der Waals surface area contributed by atoms with Gasteiger partial charge in [-0.15, -0.1) is 0 Å². The molecule has 3 aliphatic heterocycles. The lowest BCUT2D eigenvalue weighted by Crippen LogP contribution is -2.65. The van der Waals surface area contributed by atoms with E-state index in [0.717, 1.165) is 51.6 Å². The van der Waals surface area contributed by atoms with E-state index in [2.05, 4.69) is 32.6 Å². The van der Waals surface area contributed by atoms with Crippen LogP contribution in [-0.2, 0) is 23.6 Å². The molecule has 194 valence electrons. The fourth-order valence-corrected chi connectivity index (χ4v) is 5.92. The van der Waals surface area contributed by atoms with Crippen LogP contribution in [0.1, 0.15) is 79.1 Å². The molecule has 0 radical (unpaired) electrons. The molecule has 3 saturated heterocycles. The van der Waals surface area contributed by atoms with Crippen molar-refractivity contribution in [3.05, 3.63) is 0 Å². The summed E-state index contributed by atoms with van der Waals surface area (Å²) in [4.78, 5) is 30.4. The van der Waals surface area contributed by atoms with Gasteiger partial charge < -0.3 is 23.7 Å². The summed E-state index contributed by atoms with van der Waals surface area (Å²) in [6, 6.07) is 0. The molecular weight excluding hydrogens is 435 g/mol. The fraction of sp³-hybridized carbons (Fsp3) is 0.920. The number of amides is 1. The summed E-state index contributed by atoms with van der Waals surface area (Å²) in [7, 11) is 2.55. The molecule has 1 amide bonds. The highest BCUT2D eigenvalue weighted by Gasteiger charge is 2.55. The summed E-state index contributed by atoms with van der Waals surface area (Å²) in [5, 5.41) is 0. The van der Waals surface area contributed by atoms with Crippen LogP contribution >= 0.6 is 0 Å². The fourth-order valence-electron chi connectivity index (χ4n) is 5.92. The SMILES string of the molecule is COC(=O)N1CCCC(CCCB2OC(C)(C)C(C)(C)O2)C1(CCN1CCCCC1)C(=O)OC. The van der Waals surface area contributed by atoms with Crippen LogP contribution in [0.3, 0.4) is 0 Å². The van der Waals surface area contributed by atoms with Gasteiger partial charge in [0, 0.05) is 13.1 Å². The van der Waals surface area contributed by atoms with E-state index in [1.54, 1.807) is 4.90 Å². The van der Waals surface area contributed by atoms with Gasteiger partial charge in [0.2, 0.25) is 0 Å².